The molecule has 4 aromatic rings. The Bertz CT molecular complexity index is 1370. The number of aryl methyl sites for hydroxylation is 1. The summed E-state index contributed by atoms with van der Waals surface area (Å²) in [5.74, 6) is 0.941. The molecule has 0 fully saturated rings. The molecular formula is C32H41ClFN5. The number of hydrogen-bond acceptors (Lipinski definition) is 5. The zero-order valence-electron chi connectivity index (χ0n) is 23.5. The van der Waals surface area contributed by atoms with Crippen LogP contribution >= 0.6 is 11.6 Å². The molecule has 0 spiro atoms. The highest BCUT2D eigenvalue weighted by atomic mass is 35.5. The monoisotopic (exact) mass is 549 g/mol. The molecule has 39 heavy (non-hydrogen) atoms. The smallest absolute Gasteiger partial charge is 0.158 e. The molecule has 1 aromatic heterocycles. The van der Waals surface area contributed by atoms with Gasteiger partial charge in [0.15, 0.2) is 5.82 Å². The standard InChI is InChI=1S/C32H41ClFN5/c1-4-35-19-10-6-11-20-36-32-26-22-27(33)29(25-17-13-15-23-14-7-8-16-24(23)25)30(34)31(26)37-28(38-32)18-9-12-21-39(3)5-2/h7-8,13-17,22,35H,4-6,9-12,18-21H2,1-3H3,(H,36,37,38). The average Bonchev–Trinajstić information content (AvgIpc) is 2.95. The number of nitrogens with one attached hydrogen (secondary N) is 2. The summed E-state index contributed by atoms with van der Waals surface area (Å²) in [7, 11) is 2.13. The van der Waals surface area contributed by atoms with Gasteiger partial charge in [0.2, 0.25) is 0 Å². The first-order valence-corrected chi connectivity index (χ1v) is 14.7. The third kappa shape index (κ3) is 7.44. The Morgan fingerprint density at radius 2 is 1.69 bits per heavy atom. The third-order valence-corrected chi connectivity index (χ3v) is 7.59. The molecule has 2 N–H and O–H groups in total. The normalized spacial score (nSPS) is 11.6. The summed E-state index contributed by atoms with van der Waals surface area (Å²) < 4.78 is 16.4. The third-order valence-electron chi connectivity index (χ3n) is 7.29. The summed E-state index contributed by atoms with van der Waals surface area (Å²) in [4.78, 5) is 11.9. The summed E-state index contributed by atoms with van der Waals surface area (Å²) in [6.07, 6.45) is 5.96. The molecule has 3 aromatic carbocycles. The van der Waals surface area contributed by atoms with E-state index in [1.165, 1.54) is 0 Å². The van der Waals surface area contributed by atoms with Crippen LogP contribution in [0.2, 0.25) is 5.02 Å². The van der Waals surface area contributed by atoms with Gasteiger partial charge < -0.3 is 15.5 Å². The molecule has 5 nitrogen and oxygen atoms in total. The fourth-order valence-electron chi connectivity index (χ4n) is 4.94. The van der Waals surface area contributed by atoms with Gasteiger partial charge in [-0.05, 0) is 81.3 Å². The predicted octanol–water partition coefficient (Wildman–Crippen LogP) is 7.71. The minimum Gasteiger partial charge on any atom is -0.369 e. The van der Waals surface area contributed by atoms with Crippen LogP contribution in [-0.4, -0.2) is 54.6 Å². The van der Waals surface area contributed by atoms with Gasteiger partial charge in [-0.2, -0.15) is 0 Å². The Balaban J connectivity index is 1.67. The van der Waals surface area contributed by atoms with E-state index >= 15 is 4.39 Å². The molecule has 208 valence electrons. The molecule has 4 rings (SSSR count). The van der Waals surface area contributed by atoms with Gasteiger partial charge >= 0.3 is 0 Å². The van der Waals surface area contributed by atoms with Crippen LogP contribution in [0.5, 0.6) is 0 Å². The van der Waals surface area contributed by atoms with Gasteiger partial charge in [-0.15, -0.1) is 0 Å². The van der Waals surface area contributed by atoms with Crippen LogP contribution in [0.25, 0.3) is 32.8 Å². The molecule has 0 amide bonds. The highest BCUT2D eigenvalue weighted by Crippen LogP contribution is 2.40. The molecule has 7 heteroatoms. The Hall–Kier alpha value is -2.80. The van der Waals surface area contributed by atoms with Crippen molar-refractivity contribution < 1.29 is 4.39 Å². The van der Waals surface area contributed by atoms with Crippen LogP contribution in [0.15, 0.2) is 48.5 Å². The minimum absolute atomic E-state index is 0.327. The van der Waals surface area contributed by atoms with Crippen LogP contribution in [-0.2, 0) is 6.42 Å². The minimum atomic E-state index is -0.392. The molecule has 0 saturated heterocycles. The van der Waals surface area contributed by atoms with Crippen molar-refractivity contribution in [2.45, 2.75) is 52.4 Å². The maximum Gasteiger partial charge on any atom is 0.158 e. The van der Waals surface area contributed by atoms with Crippen LogP contribution in [0.3, 0.4) is 0 Å². The van der Waals surface area contributed by atoms with Crippen molar-refractivity contribution in [2.24, 2.45) is 0 Å². The van der Waals surface area contributed by atoms with Crippen molar-refractivity contribution in [3.63, 3.8) is 0 Å². The number of fused-ring (bicyclic) bond motifs is 2. The lowest BCUT2D eigenvalue weighted by molar-refractivity contribution is 0.343. The Kier molecular flexibility index (Phi) is 10.9. The topological polar surface area (TPSA) is 53.1 Å². The molecule has 0 aliphatic heterocycles. The quantitative estimate of drug-likeness (QED) is 0.149. The number of rotatable bonds is 15. The number of anilines is 1. The van der Waals surface area contributed by atoms with E-state index in [2.05, 4.69) is 36.4 Å². The van der Waals surface area contributed by atoms with E-state index in [0.29, 0.717) is 39.6 Å². The van der Waals surface area contributed by atoms with E-state index in [-0.39, 0.29) is 0 Å². The van der Waals surface area contributed by atoms with E-state index in [1.807, 2.05) is 48.5 Å². The largest absolute Gasteiger partial charge is 0.369 e. The molecule has 0 unspecified atom stereocenters. The van der Waals surface area contributed by atoms with E-state index in [9.17, 15) is 0 Å². The first kappa shape index (κ1) is 29.2. The number of unbranched alkanes of at least 4 members (excludes halogenated alkanes) is 3. The molecule has 0 aliphatic carbocycles. The summed E-state index contributed by atoms with van der Waals surface area (Å²) >= 11 is 6.80. The van der Waals surface area contributed by atoms with E-state index in [0.717, 1.165) is 81.2 Å². The molecule has 1 heterocycles. The fraction of sp³-hybridized carbons (Fsp3) is 0.438. The van der Waals surface area contributed by atoms with Gasteiger partial charge in [0.05, 0.1) is 5.02 Å². The number of benzene rings is 3. The van der Waals surface area contributed by atoms with Gasteiger partial charge in [0.25, 0.3) is 0 Å². The van der Waals surface area contributed by atoms with Crippen molar-refractivity contribution >= 4 is 39.1 Å². The second-order valence-corrected chi connectivity index (χ2v) is 10.6. The SMILES string of the molecule is CCNCCCCCNc1nc(CCCCN(C)CC)nc2c(F)c(-c3cccc4ccccc34)c(Cl)cc12. The van der Waals surface area contributed by atoms with Crippen LogP contribution in [0.4, 0.5) is 10.2 Å². The van der Waals surface area contributed by atoms with Crippen molar-refractivity contribution in [3.8, 4) is 11.1 Å². The maximum absolute atomic E-state index is 16.4. The Morgan fingerprint density at radius 1 is 0.897 bits per heavy atom. The zero-order chi connectivity index (χ0) is 27.6. The molecule has 0 saturated carbocycles. The second kappa shape index (κ2) is 14.5. The Morgan fingerprint density at radius 3 is 2.51 bits per heavy atom. The van der Waals surface area contributed by atoms with Gasteiger partial charge in [-0.1, -0.05) is 74.3 Å². The number of aromatic nitrogens is 2. The highest BCUT2D eigenvalue weighted by Gasteiger charge is 2.20. The van der Waals surface area contributed by atoms with Gasteiger partial charge in [0, 0.05) is 23.9 Å². The van der Waals surface area contributed by atoms with Gasteiger partial charge in [-0.3, -0.25) is 0 Å². The second-order valence-electron chi connectivity index (χ2n) is 10.2. The summed E-state index contributed by atoms with van der Waals surface area (Å²) in [6, 6.07) is 15.7. The van der Waals surface area contributed by atoms with Crippen molar-refractivity contribution in [1.29, 1.82) is 0 Å². The summed E-state index contributed by atoms with van der Waals surface area (Å²) in [5, 5.41) is 9.84. The van der Waals surface area contributed by atoms with E-state index in [4.69, 9.17) is 21.6 Å². The molecule has 0 aliphatic rings. The van der Waals surface area contributed by atoms with Crippen molar-refractivity contribution in [2.75, 3.05) is 45.1 Å². The maximum atomic E-state index is 16.4. The van der Waals surface area contributed by atoms with E-state index < -0.39 is 5.82 Å². The first-order chi connectivity index (χ1) is 19.0. The lowest BCUT2D eigenvalue weighted by Gasteiger charge is -2.16. The van der Waals surface area contributed by atoms with E-state index in [1.54, 1.807) is 0 Å². The van der Waals surface area contributed by atoms with Gasteiger partial charge in [-0.25, -0.2) is 14.4 Å². The van der Waals surface area contributed by atoms with Crippen molar-refractivity contribution in [1.82, 2.24) is 20.2 Å². The predicted molar refractivity (Wildman–Crippen MR) is 164 cm³/mol. The van der Waals surface area contributed by atoms with Crippen LogP contribution < -0.4 is 10.6 Å². The summed E-state index contributed by atoms with van der Waals surface area (Å²) in [5.41, 5.74) is 1.49. The van der Waals surface area contributed by atoms with Crippen molar-refractivity contribution in [3.05, 3.63) is 65.2 Å². The number of hydrogen-bond donors (Lipinski definition) is 2. The molecule has 0 radical (unpaired) electrons. The lowest BCUT2D eigenvalue weighted by atomic mass is 9.96. The lowest BCUT2D eigenvalue weighted by Crippen LogP contribution is -2.18. The van der Waals surface area contributed by atoms with Crippen LogP contribution in [0.1, 0.15) is 51.8 Å². The fourth-order valence-corrected chi connectivity index (χ4v) is 5.23. The first-order valence-electron chi connectivity index (χ1n) is 14.3. The molecule has 0 atom stereocenters. The van der Waals surface area contributed by atoms with Crippen LogP contribution in [0, 0.1) is 5.82 Å². The molecule has 0 bridgehead atoms. The zero-order valence-corrected chi connectivity index (χ0v) is 24.3. The number of nitrogens with zero attached hydrogens (tertiary/aromatic N) is 3. The van der Waals surface area contributed by atoms with Gasteiger partial charge in [0.1, 0.15) is 17.2 Å². The highest BCUT2D eigenvalue weighted by molar-refractivity contribution is 6.35. The Labute approximate surface area is 237 Å². The number of halogens is 2. The summed E-state index contributed by atoms with van der Waals surface area (Å²) in [6.45, 7) is 9.12. The molecular weight excluding hydrogens is 509 g/mol. The average molecular weight is 550 g/mol.